The fraction of sp³-hybridized carbons (Fsp3) is 0.500. The second-order valence-corrected chi connectivity index (χ2v) is 5.14. The predicted octanol–water partition coefficient (Wildman–Crippen LogP) is 1.52. The maximum Gasteiger partial charge on any atom is 0.417 e. The van der Waals surface area contributed by atoms with E-state index < -0.39 is 5.76 Å². The first-order chi connectivity index (χ1) is 9.26. The fourth-order valence-electron chi connectivity index (χ4n) is 2.85. The van der Waals surface area contributed by atoms with Crippen molar-refractivity contribution in [3.05, 3.63) is 34.3 Å². The highest BCUT2D eigenvalue weighted by molar-refractivity contribution is 5.72. The minimum absolute atomic E-state index is 0.290. The lowest BCUT2D eigenvalue weighted by atomic mass is 9.98. The molecule has 5 nitrogen and oxygen atoms in total. The molecule has 2 heterocycles. The Kier molecular flexibility index (Phi) is 3.40. The molecule has 102 valence electrons. The molecule has 1 fully saturated rings. The second-order valence-electron chi connectivity index (χ2n) is 5.14. The quantitative estimate of drug-likeness (QED) is 0.780. The molecule has 2 atom stereocenters. The number of rotatable bonds is 4. The van der Waals surface area contributed by atoms with Crippen LogP contribution in [0, 0.1) is 0 Å². The van der Waals surface area contributed by atoms with Crippen molar-refractivity contribution < 1.29 is 4.42 Å². The molecule has 1 aromatic carbocycles. The lowest BCUT2D eigenvalue weighted by molar-refractivity contribution is 0.453. The van der Waals surface area contributed by atoms with Gasteiger partial charge in [0.25, 0.3) is 0 Å². The lowest BCUT2D eigenvalue weighted by Crippen LogP contribution is -2.28. The average molecular weight is 261 g/mol. The molecule has 0 saturated carbocycles. The molecule has 3 rings (SSSR count). The maximum atomic E-state index is 11.2. The fourth-order valence-corrected chi connectivity index (χ4v) is 2.85. The largest absolute Gasteiger partial charge is 0.417 e. The van der Waals surface area contributed by atoms with Crippen LogP contribution in [-0.2, 0) is 0 Å². The first kappa shape index (κ1) is 12.4. The van der Waals surface area contributed by atoms with Crippen molar-refractivity contribution in [2.75, 3.05) is 13.6 Å². The van der Waals surface area contributed by atoms with Gasteiger partial charge in [-0.2, -0.15) is 0 Å². The summed E-state index contributed by atoms with van der Waals surface area (Å²) in [5.41, 5.74) is 2.56. The Morgan fingerprint density at radius 2 is 2.42 bits per heavy atom. The van der Waals surface area contributed by atoms with Crippen molar-refractivity contribution in [2.24, 2.45) is 0 Å². The van der Waals surface area contributed by atoms with Gasteiger partial charge >= 0.3 is 5.76 Å². The monoisotopic (exact) mass is 261 g/mol. The number of nitrogens with one attached hydrogen (secondary N) is 3. The van der Waals surface area contributed by atoms with Crippen LogP contribution in [0.3, 0.4) is 0 Å². The van der Waals surface area contributed by atoms with Crippen molar-refractivity contribution >= 4 is 11.1 Å². The molecule has 0 amide bonds. The Labute approximate surface area is 111 Å². The zero-order chi connectivity index (χ0) is 13.2. The van der Waals surface area contributed by atoms with Crippen LogP contribution >= 0.6 is 0 Å². The van der Waals surface area contributed by atoms with Crippen molar-refractivity contribution in [2.45, 2.75) is 31.3 Å². The molecule has 3 N–H and O–H groups in total. The van der Waals surface area contributed by atoms with Gasteiger partial charge in [-0.3, -0.25) is 4.98 Å². The molecule has 1 aromatic heterocycles. The zero-order valence-electron chi connectivity index (χ0n) is 11.0. The van der Waals surface area contributed by atoms with E-state index in [-0.39, 0.29) is 0 Å². The summed E-state index contributed by atoms with van der Waals surface area (Å²) in [6.45, 7) is 1.12. The van der Waals surface area contributed by atoms with Crippen molar-refractivity contribution in [1.82, 2.24) is 15.6 Å². The molecule has 2 aromatic rings. The molecule has 0 radical (unpaired) electrons. The van der Waals surface area contributed by atoms with Crippen molar-refractivity contribution in [1.29, 1.82) is 0 Å². The molecular weight excluding hydrogens is 242 g/mol. The number of H-pyrrole nitrogens is 1. The van der Waals surface area contributed by atoms with Gasteiger partial charge in [-0.1, -0.05) is 6.07 Å². The van der Waals surface area contributed by atoms with E-state index in [0.29, 0.717) is 17.7 Å². The summed E-state index contributed by atoms with van der Waals surface area (Å²) in [5, 5.41) is 6.87. The van der Waals surface area contributed by atoms with E-state index in [4.69, 9.17) is 4.42 Å². The van der Waals surface area contributed by atoms with Gasteiger partial charge in [-0.15, -0.1) is 0 Å². The van der Waals surface area contributed by atoms with Crippen LogP contribution in [0.2, 0.25) is 0 Å². The molecule has 2 unspecified atom stereocenters. The topological polar surface area (TPSA) is 70.1 Å². The van der Waals surface area contributed by atoms with Gasteiger partial charge in [0.05, 0.1) is 5.52 Å². The molecule has 1 saturated heterocycles. The highest BCUT2D eigenvalue weighted by atomic mass is 16.4. The Morgan fingerprint density at radius 3 is 3.16 bits per heavy atom. The van der Waals surface area contributed by atoms with Crippen LogP contribution in [0.4, 0.5) is 0 Å². The number of benzene rings is 1. The SMILES string of the molecule is CNC(CC1CCCN1)c1ccc2oc(=O)[nH]c2c1. The molecular formula is C14H19N3O2. The van der Waals surface area contributed by atoms with Crippen LogP contribution in [-0.4, -0.2) is 24.6 Å². The Bertz CT molecular complexity index is 610. The Hall–Kier alpha value is -1.59. The van der Waals surface area contributed by atoms with E-state index in [1.165, 1.54) is 18.4 Å². The third-order valence-corrected chi connectivity index (χ3v) is 3.88. The standard InChI is InChI=1S/C14H19N3O2/c1-15-11(8-10-3-2-6-16-10)9-4-5-13-12(7-9)17-14(18)19-13/h4-5,7,10-11,15-16H,2-3,6,8H2,1H3,(H,17,18). The molecule has 0 bridgehead atoms. The normalized spacial score (nSPS) is 21.0. The smallest absolute Gasteiger partial charge is 0.408 e. The Morgan fingerprint density at radius 1 is 1.53 bits per heavy atom. The number of hydrogen-bond donors (Lipinski definition) is 3. The van der Waals surface area contributed by atoms with Gasteiger partial charge < -0.3 is 15.1 Å². The number of oxazole rings is 1. The molecule has 5 heteroatoms. The zero-order valence-corrected chi connectivity index (χ0v) is 11.0. The first-order valence-electron chi connectivity index (χ1n) is 6.79. The average Bonchev–Trinajstić information content (AvgIpc) is 3.02. The van der Waals surface area contributed by atoms with E-state index in [0.717, 1.165) is 18.5 Å². The number of fused-ring (bicyclic) bond motifs is 1. The summed E-state index contributed by atoms with van der Waals surface area (Å²) in [6, 6.07) is 6.75. The Balaban J connectivity index is 1.84. The van der Waals surface area contributed by atoms with E-state index in [1.807, 2.05) is 25.2 Å². The van der Waals surface area contributed by atoms with Crippen molar-refractivity contribution in [3.63, 3.8) is 0 Å². The molecule has 0 aliphatic carbocycles. The van der Waals surface area contributed by atoms with E-state index >= 15 is 0 Å². The minimum Gasteiger partial charge on any atom is -0.408 e. The van der Waals surface area contributed by atoms with Gasteiger partial charge in [-0.25, -0.2) is 4.79 Å². The lowest BCUT2D eigenvalue weighted by Gasteiger charge is -2.20. The third kappa shape index (κ3) is 2.57. The summed E-state index contributed by atoms with van der Waals surface area (Å²) in [4.78, 5) is 13.9. The number of hydrogen-bond acceptors (Lipinski definition) is 4. The van der Waals surface area contributed by atoms with E-state index in [2.05, 4.69) is 15.6 Å². The van der Waals surface area contributed by atoms with Crippen LogP contribution in [0.5, 0.6) is 0 Å². The van der Waals surface area contributed by atoms with Gasteiger partial charge in [0.2, 0.25) is 0 Å². The highest BCUT2D eigenvalue weighted by Gasteiger charge is 2.20. The second kappa shape index (κ2) is 5.19. The van der Waals surface area contributed by atoms with E-state index in [9.17, 15) is 4.79 Å². The van der Waals surface area contributed by atoms with Gasteiger partial charge in [0.1, 0.15) is 0 Å². The summed E-state index contributed by atoms with van der Waals surface area (Å²) >= 11 is 0. The molecule has 1 aliphatic rings. The van der Waals surface area contributed by atoms with Gasteiger partial charge in [0, 0.05) is 12.1 Å². The third-order valence-electron chi connectivity index (χ3n) is 3.88. The highest BCUT2D eigenvalue weighted by Crippen LogP contribution is 2.24. The predicted molar refractivity (Wildman–Crippen MR) is 74.3 cm³/mol. The van der Waals surface area contributed by atoms with Crippen LogP contribution in [0.25, 0.3) is 11.1 Å². The van der Waals surface area contributed by atoms with Crippen LogP contribution < -0.4 is 16.4 Å². The van der Waals surface area contributed by atoms with Crippen molar-refractivity contribution in [3.8, 4) is 0 Å². The summed E-state index contributed by atoms with van der Waals surface area (Å²) in [5.74, 6) is -0.398. The first-order valence-corrected chi connectivity index (χ1v) is 6.79. The minimum atomic E-state index is -0.398. The summed E-state index contributed by atoms with van der Waals surface area (Å²) in [7, 11) is 1.97. The van der Waals surface area contributed by atoms with Crippen LogP contribution in [0.15, 0.2) is 27.4 Å². The molecule has 19 heavy (non-hydrogen) atoms. The van der Waals surface area contributed by atoms with Gasteiger partial charge in [-0.05, 0) is 50.6 Å². The number of aromatic nitrogens is 1. The summed E-state index contributed by atoms with van der Waals surface area (Å²) < 4.78 is 5.03. The molecule has 1 aliphatic heterocycles. The van der Waals surface area contributed by atoms with E-state index in [1.54, 1.807) is 0 Å². The summed E-state index contributed by atoms with van der Waals surface area (Å²) in [6.07, 6.45) is 3.56. The maximum absolute atomic E-state index is 11.2. The van der Waals surface area contributed by atoms with Crippen LogP contribution in [0.1, 0.15) is 30.9 Å². The number of aromatic amines is 1. The molecule has 0 spiro atoms. The van der Waals surface area contributed by atoms with Gasteiger partial charge in [0.15, 0.2) is 5.58 Å².